The summed E-state index contributed by atoms with van der Waals surface area (Å²) in [4.78, 5) is 27.3. The Labute approximate surface area is 185 Å². The highest BCUT2D eigenvalue weighted by atomic mass is 16.2. The molecule has 1 aliphatic heterocycles. The van der Waals surface area contributed by atoms with Crippen LogP contribution in [0.4, 0.5) is 0 Å². The molecule has 0 saturated carbocycles. The van der Waals surface area contributed by atoms with Gasteiger partial charge in [0.1, 0.15) is 0 Å². The van der Waals surface area contributed by atoms with E-state index in [9.17, 15) is 9.59 Å². The molecule has 0 aromatic heterocycles. The van der Waals surface area contributed by atoms with Gasteiger partial charge in [-0.25, -0.2) is 0 Å². The largest absolute Gasteiger partial charge is 0.349 e. The van der Waals surface area contributed by atoms with Gasteiger partial charge in [0.25, 0.3) is 0 Å². The van der Waals surface area contributed by atoms with Crippen LogP contribution in [0.3, 0.4) is 0 Å². The van der Waals surface area contributed by atoms with Gasteiger partial charge < -0.3 is 16.0 Å². The molecule has 2 aromatic carbocycles. The first kappa shape index (κ1) is 22.8. The van der Waals surface area contributed by atoms with E-state index in [0.717, 1.165) is 6.42 Å². The van der Waals surface area contributed by atoms with E-state index < -0.39 is 6.04 Å². The molecule has 31 heavy (non-hydrogen) atoms. The SMILES string of the molecule is CC(C)(C)[C@H](N)C(=O)N[C@H](C=CC(=O)N1Cc2ccccc2C1)CCc1ccccc1. The van der Waals surface area contributed by atoms with Gasteiger partial charge in [0.2, 0.25) is 11.8 Å². The number of nitrogens with zero attached hydrogens (tertiary/aromatic N) is 1. The van der Waals surface area contributed by atoms with Crippen LogP contribution in [0.5, 0.6) is 0 Å². The number of hydrogen-bond donors (Lipinski definition) is 2. The standard InChI is InChI=1S/C26H33N3O2/c1-26(2,3)24(27)25(31)28-22(14-13-19-9-5-4-6-10-19)15-16-23(30)29-17-20-11-7-8-12-21(20)18-29/h4-12,15-16,22,24H,13-14,17-18,27H2,1-3H3,(H,28,31)/t22-,24+/m0/s1. The van der Waals surface area contributed by atoms with E-state index in [1.807, 2.05) is 62.1 Å². The number of benzene rings is 2. The van der Waals surface area contributed by atoms with Crippen molar-refractivity contribution in [2.45, 2.75) is 58.8 Å². The summed E-state index contributed by atoms with van der Waals surface area (Å²) >= 11 is 0. The number of fused-ring (bicyclic) bond motifs is 1. The van der Waals surface area contributed by atoms with Crippen molar-refractivity contribution >= 4 is 11.8 Å². The van der Waals surface area contributed by atoms with Crippen molar-refractivity contribution in [3.63, 3.8) is 0 Å². The zero-order chi connectivity index (χ0) is 22.4. The van der Waals surface area contributed by atoms with Crippen LogP contribution in [0, 0.1) is 5.41 Å². The summed E-state index contributed by atoms with van der Waals surface area (Å²) in [7, 11) is 0. The van der Waals surface area contributed by atoms with Gasteiger partial charge in [-0.15, -0.1) is 0 Å². The first-order valence-corrected chi connectivity index (χ1v) is 10.9. The second kappa shape index (κ2) is 9.92. The smallest absolute Gasteiger partial charge is 0.246 e. The summed E-state index contributed by atoms with van der Waals surface area (Å²) < 4.78 is 0. The number of nitrogens with one attached hydrogen (secondary N) is 1. The van der Waals surface area contributed by atoms with E-state index in [2.05, 4.69) is 29.6 Å². The maximum absolute atomic E-state index is 12.8. The highest BCUT2D eigenvalue weighted by Crippen LogP contribution is 2.22. The Morgan fingerprint density at radius 3 is 2.19 bits per heavy atom. The molecular formula is C26H33N3O2. The number of hydrogen-bond acceptors (Lipinski definition) is 3. The van der Waals surface area contributed by atoms with E-state index in [-0.39, 0.29) is 23.3 Å². The van der Waals surface area contributed by atoms with Gasteiger partial charge in [-0.2, -0.15) is 0 Å². The Hall–Kier alpha value is -2.92. The van der Waals surface area contributed by atoms with Crippen molar-refractivity contribution < 1.29 is 9.59 Å². The van der Waals surface area contributed by atoms with E-state index in [4.69, 9.17) is 5.73 Å². The zero-order valence-electron chi connectivity index (χ0n) is 18.7. The van der Waals surface area contributed by atoms with Crippen molar-refractivity contribution in [3.05, 3.63) is 83.4 Å². The topological polar surface area (TPSA) is 75.4 Å². The van der Waals surface area contributed by atoms with Gasteiger partial charge in [-0.1, -0.05) is 81.4 Å². The van der Waals surface area contributed by atoms with Crippen molar-refractivity contribution in [3.8, 4) is 0 Å². The molecule has 1 aliphatic rings. The minimum Gasteiger partial charge on any atom is -0.349 e. The van der Waals surface area contributed by atoms with E-state index in [0.29, 0.717) is 19.5 Å². The number of nitrogens with two attached hydrogens (primary N) is 1. The molecule has 0 bridgehead atoms. The normalized spacial score (nSPS) is 15.5. The Kier molecular flexibility index (Phi) is 7.29. The molecule has 0 fully saturated rings. The molecular weight excluding hydrogens is 386 g/mol. The lowest BCUT2D eigenvalue weighted by Gasteiger charge is -2.27. The van der Waals surface area contributed by atoms with Crippen molar-refractivity contribution in [1.82, 2.24) is 10.2 Å². The molecule has 0 radical (unpaired) electrons. The van der Waals surface area contributed by atoms with Crippen LogP contribution in [-0.2, 0) is 29.1 Å². The Balaban J connectivity index is 1.66. The molecule has 0 spiro atoms. The number of amides is 2. The number of carbonyl (C=O) groups excluding carboxylic acids is 2. The monoisotopic (exact) mass is 419 g/mol. The average molecular weight is 420 g/mol. The Bertz CT molecular complexity index is 906. The maximum Gasteiger partial charge on any atom is 0.246 e. The third-order valence-corrected chi connectivity index (χ3v) is 5.75. The van der Waals surface area contributed by atoms with Crippen LogP contribution >= 0.6 is 0 Å². The van der Waals surface area contributed by atoms with Crippen LogP contribution in [0.15, 0.2) is 66.7 Å². The number of carbonyl (C=O) groups is 2. The van der Waals surface area contributed by atoms with E-state index in [1.54, 1.807) is 6.08 Å². The van der Waals surface area contributed by atoms with E-state index >= 15 is 0 Å². The summed E-state index contributed by atoms with van der Waals surface area (Å²) in [5, 5.41) is 3.04. The summed E-state index contributed by atoms with van der Waals surface area (Å²) in [5.41, 5.74) is 9.37. The van der Waals surface area contributed by atoms with Gasteiger partial charge in [0, 0.05) is 25.2 Å². The zero-order valence-corrected chi connectivity index (χ0v) is 18.7. The molecule has 5 nitrogen and oxygen atoms in total. The molecule has 0 unspecified atom stereocenters. The Morgan fingerprint density at radius 1 is 1.03 bits per heavy atom. The lowest BCUT2D eigenvalue weighted by molar-refractivity contribution is -0.127. The quantitative estimate of drug-likeness (QED) is 0.674. The van der Waals surface area contributed by atoms with Gasteiger partial charge in [-0.05, 0) is 34.9 Å². The molecule has 3 rings (SSSR count). The summed E-state index contributed by atoms with van der Waals surface area (Å²) in [6.07, 6.45) is 4.88. The fraction of sp³-hybridized carbons (Fsp3) is 0.385. The molecule has 3 N–H and O–H groups in total. The maximum atomic E-state index is 12.8. The Morgan fingerprint density at radius 2 is 1.61 bits per heavy atom. The average Bonchev–Trinajstić information content (AvgIpc) is 3.19. The fourth-order valence-electron chi connectivity index (χ4n) is 3.64. The van der Waals surface area contributed by atoms with Gasteiger partial charge >= 0.3 is 0 Å². The molecule has 5 heteroatoms. The lowest BCUT2D eigenvalue weighted by Crippen LogP contribution is -2.51. The predicted molar refractivity (Wildman–Crippen MR) is 124 cm³/mol. The lowest BCUT2D eigenvalue weighted by atomic mass is 9.86. The van der Waals surface area contributed by atoms with Gasteiger partial charge in [0.15, 0.2) is 0 Å². The van der Waals surface area contributed by atoms with Crippen LogP contribution in [-0.4, -0.2) is 28.8 Å². The van der Waals surface area contributed by atoms with Crippen LogP contribution in [0.2, 0.25) is 0 Å². The van der Waals surface area contributed by atoms with Crippen molar-refractivity contribution in [1.29, 1.82) is 0 Å². The first-order chi connectivity index (χ1) is 14.7. The van der Waals surface area contributed by atoms with Gasteiger partial charge in [0.05, 0.1) is 6.04 Å². The predicted octanol–water partition coefficient (Wildman–Crippen LogP) is 3.58. The number of rotatable bonds is 7. The van der Waals surface area contributed by atoms with Crippen LogP contribution in [0.1, 0.15) is 43.9 Å². The minimum atomic E-state index is -0.621. The van der Waals surface area contributed by atoms with Gasteiger partial charge in [-0.3, -0.25) is 9.59 Å². The third kappa shape index (κ3) is 6.28. The highest BCUT2D eigenvalue weighted by molar-refractivity contribution is 5.88. The minimum absolute atomic E-state index is 0.0460. The first-order valence-electron chi connectivity index (χ1n) is 10.9. The van der Waals surface area contributed by atoms with Crippen LogP contribution in [0.25, 0.3) is 0 Å². The summed E-state index contributed by atoms with van der Waals surface area (Å²) in [6.45, 7) is 7.08. The summed E-state index contributed by atoms with van der Waals surface area (Å²) in [6, 6.07) is 17.3. The van der Waals surface area contributed by atoms with Crippen molar-refractivity contribution in [2.24, 2.45) is 11.1 Å². The highest BCUT2D eigenvalue weighted by Gasteiger charge is 2.28. The molecule has 2 amide bonds. The second-order valence-corrected chi connectivity index (χ2v) is 9.31. The van der Waals surface area contributed by atoms with E-state index in [1.165, 1.54) is 16.7 Å². The van der Waals surface area contributed by atoms with Crippen molar-refractivity contribution in [2.75, 3.05) is 0 Å². The molecule has 2 atom stereocenters. The fourth-order valence-corrected chi connectivity index (χ4v) is 3.64. The molecule has 164 valence electrons. The van der Waals surface area contributed by atoms with Crippen LogP contribution < -0.4 is 11.1 Å². The third-order valence-electron chi connectivity index (χ3n) is 5.75. The number of aryl methyl sites for hydroxylation is 1. The molecule has 1 heterocycles. The molecule has 0 saturated heterocycles. The molecule has 0 aliphatic carbocycles. The second-order valence-electron chi connectivity index (χ2n) is 9.31. The summed E-state index contributed by atoms with van der Waals surface area (Å²) in [5.74, 6) is -0.244. The molecule has 2 aromatic rings.